The highest BCUT2D eigenvalue weighted by atomic mass is 32.1. The van der Waals surface area contributed by atoms with Gasteiger partial charge in [-0.25, -0.2) is 4.98 Å². The van der Waals surface area contributed by atoms with E-state index in [1.165, 1.54) is 10.6 Å². The molecule has 0 amide bonds. The summed E-state index contributed by atoms with van der Waals surface area (Å²) < 4.78 is 0. The molecule has 96 valence electrons. The zero-order valence-electron chi connectivity index (χ0n) is 11.0. The second kappa shape index (κ2) is 4.97. The number of rotatable bonds is 2. The Labute approximate surface area is 116 Å². The van der Waals surface area contributed by atoms with E-state index in [4.69, 9.17) is 0 Å². The third-order valence-corrected chi connectivity index (χ3v) is 4.13. The van der Waals surface area contributed by atoms with Gasteiger partial charge in [-0.3, -0.25) is 4.99 Å². The van der Waals surface area contributed by atoms with Crippen LogP contribution < -0.4 is 4.90 Å². The minimum atomic E-state index is 0.659. The van der Waals surface area contributed by atoms with Crippen LogP contribution in [-0.2, 0) is 0 Å². The molecule has 19 heavy (non-hydrogen) atoms. The molecule has 0 saturated heterocycles. The topological polar surface area (TPSA) is 28.5 Å². The van der Waals surface area contributed by atoms with Gasteiger partial charge in [0.1, 0.15) is 6.67 Å². The average molecular weight is 269 g/mol. The minimum Gasteiger partial charge on any atom is -0.328 e. The lowest BCUT2D eigenvalue weighted by molar-refractivity contribution is 0.964. The molecule has 0 fully saturated rings. The van der Waals surface area contributed by atoms with Crippen LogP contribution in [0.1, 0.15) is 15.6 Å². The van der Waals surface area contributed by atoms with Gasteiger partial charge in [-0.15, -0.1) is 11.3 Å². The van der Waals surface area contributed by atoms with Crippen molar-refractivity contribution >= 4 is 22.7 Å². The molecule has 1 aromatic heterocycles. The number of thiazole rings is 1. The molecule has 0 unspecified atom stereocenters. The Morgan fingerprint density at radius 2 is 1.95 bits per heavy atom. The first-order chi connectivity index (χ1) is 9.24. The molecule has 0 N–H and O–H groups in total. The highest BCUT2D eigenvalue weighted by molar-refractivity contribution is 7.14. The lowest BCUT2D eigenvalue weighted by Gasteiger charge is -2.21. The minimum absolute atomic E-state index is 0.659. The molecular formula is C15H15N3S. The summed E-state index contributed by atoms with van der Waals surface area (Å²) in [5.74, 6) is 0. The van der Waals surface area contributed by atoms with Crippen LogP contribution in [-0.4, -0.2) is 17.4 Å². The maximum absolute atomic E-state index is 4.66. The van der Waals surface area contributed by atoms with Crippen LogP contribution in [0.5, 0.6) is 0 Å². The molecule has 0 radical (unpaired) electrons. The first kappa shape index (κ1) is 12.1. The molecule has 0 aliphatic carbocycles. The van der Waals surface area contributed by atoms with Gasteiger partial charge in [0.15, 0.2) is 0 Å². The number of nitrogens with zero attached hydrogens (tertiary/aromatic N) is 3. The maximum atomic E-state index is 4.66. The van der Waals surface area contributed by atoms with Crippen molar-refractivity contribution in [2.45, 2.75) is 13.8 Å². The monoisotopic (exact) mass is 269 g/mol. The Morgan fingerprint density at radius 1 is 1.16 bits per heavy atom. The smallest absolute Gasteiger partial charge is 0.115 e. The average Bonchev–Trinajstić information content (AvgIpc) is 2.79. The van der Waals surface area contributed by atoms with Gasteiger partial charge >= 0.3 is 0 Å². The summed E-state index contributed by atoms with van der Waals surface area (Å²) in [6, 6.07) is 10.3. The SMILES string of the molecule is Cc1nc(C)c(C2=NCN(c3ccccc3)C=C2)s1. The number of anilines is 1. The quantitative estimate of drug-likeness (QED) is 0.834. The van der Waals surface area contributed by atoms with Crippen molar-refractivity contribution in [2.75, 3.05) is 11.6 Å². The fourth-order valence-corrected chi connectivity index (χ4v) is 3.02. The van der Waals surface area contributed by atoms with Crippen molar-refractivity contribution in [3.8, 4) is 0 Å². The number of hydrogen-bond acceptors (Lipinski definition) is 4. The second-order valence-electron chi connectivity index (χ2n) is 4.45. The molecule has 2 heterocycles. The van der Waals surface area contributed by atoms with Crippen LogP contribution in [0, 0.1) is 13.8 Å². The highest BCUT2D eigenvalue weighted by Gasteiger charge is 2.13. The molecule has 1 aromatic carbocycles. The molecule has 0 saturated carbocycles. The number of aliphatic imine (C=N–C) groups is 1. The summed E-state index contributed by atoms with van der Waals surface area (Å²) >= 11 is 1.71. The third kappa shape index (κ3) is 2.44. The fraction of sp³-hybridized carbons (Fsp3) is 0.200. The summed E-state index contributed by atoms with van der Waals surface area (Å²) in [4.78, 5) is 12.4. The van der Waals surface area contributed by atoms with Gasteiger partial charge in [0.2, 0.25) is 0 Å². The van der Waals surface area contributed by atoms with E-state index in [0.29, 0.717) is 6.67 Å². The Bertz CT molecular complexity index is 641. The number of para-hydroxylation sites is 1. The molecule has 0 spiro atoms. The van der Waals surface area contributed by atoms with Crippen molar-refractivity contribution in [3.63, 3.8) is 0 Å². The van der Waals surface area contributed by atoms with E-state index in [-0.39, 0.29) is 0 Å². The predicted octanol–water partition coefficient (Wildman–Crippen LogP) is 3.54. The van der Waals surface area contributed by atoms with Crippen LogP contribution in [0.25, 0.3) is 0 Å². The van der Waals surface area contributed by atoms with Gasteiger partial charge in [0, 0.05) is 11.9 Å². The summed E-state index contributed by atoms with van der Waals surface area (Å²) in [6.45, 7) is 4.73. The summed E-state index contributed by atoms with van der Waals surface area (Å²) in [7, 11) is 0. The van der Waals surface area contributed by atoms with E-state index in [9.17, 15) is 0 Å². The predicted molar refractivity (Wildman–Crippen MR) is 81.1 cm³/mol. The maximum Gasteiger partial charge on any atom is 0.115 e. The molecule has 3 nitrogen and oxygen atoms in total. The van der Waals surface area contributed by atoms with E-state index >= 15 is 0 Å². The molecule has 1 aliphatic heterocycles. The van der Waals surface area contributed by atoms with Gasteiger partial charge in [0.05, 0.1) is 21.3 Å². The summed E-state index contributed by atoms with van der Waals surface area (Å²) in [6.07, 6.45) is 4.16. The first-order valence-electron chi connectivity index (χ1n) is 6.23. The van der Waals surface area contributed by atoms with Gasteiger partial charge < -0.3 is 4.90 Å². The number of hydrogen-bond donors (Lipinski definition) is 0. The van der Waals surface area contributed by atoms with Gasteiger partial charge in [-0.2, -0.15) is 0 Å². The largest absolute Gasteiger partial charge is 0.328 e. The van der Waals surface area contributed by atoms with Crippen molar-refractivity contribution in [2.24, 2.45) is 4.99 Å². The molecule has 0 atom stereocenters. The van der Waals surface area contributed by atoms with E-state index in [1.54, 1.807) is 11.3 Å². The molecule has 1 aliphatic rings. The third-order valence-electron chi connectivity index (χ3n) is 3.03. The Morgan fingerprint density at radius 3 is 2.53 bits per heavy atom. The second-order valence-corrected chi connectivity index (χ2v) is 5.66. The Balaban J connectivity index is 1.82. The van der Waals surface area contributed by atoms with Crippen LogP contribution in [0.2, 0.25) is 0 Å². The van der Waals surface area contributed by atoms with E-state index in [1.807, 2.05) is 32.0 Å². The molecule has 0 bridgehead atoms. The Kier molecular flexibility index (Phi) is 3.17. The molecule has 3 rings (SSSR count). The van der Waals surface area contributed by atoms with Crippen molar-refractivity contribution in [3.05, 3.63) is 58.2 Å². The van der Waals surface area contributed by atoms with Crippen LogP contribution in [0.3, 0.4) is 0 Å². The van der Waals surface area contributed by atoms with E-state index < -0.39 is 0 Å². The summed E-state index contributed by atoms with van der Waals surface area (Å²) in [5.41, 5.74) is 3.27. The van der Waals surface area contributed by atoms with Crippen LogP contribution in [0.4, 0.5) is 5.69 Å². The van der Waals surface area contributed by atoms with E-state index in [0.717, 1.165) is 16.4 Å². The summed E-state index contributed by atoms with van der Waals surface area (Å²) in [5, 5.41) is 1.09. The fourth-order valence-electron chi connectivity index (χ4n) is 2.12. The van der Waals surface area contributed by atoms with Crippen molar-refractivity contribution in [1.82, 2.24) is 4.98 Å². The number of aromatic nitrogens is 1. The highest BCUT2D eigenvalue weighted by Crippen LogP contribution is 2.22. The van der Waals surface area contributed by atoms with Crippen LogP contribution >= 0.6 is 11.3 Å². The number of aryl methyl sites for hydroxylation is 2. The molecule has 4 heteroatoms. The number of benzene rings is 1. The lowest BCUT2D eigenvalue weighted by atomic mass is 10.2. The first-order valence-corrected chi connectivity index (χ1v) is 7.04. The Hall–Kier alpha value is -1.94. The van der Waals surface area contributed by atoms with Gasteiger partial charge in [0.25, 0.3) is 0 Å². The van der Waals surface area contributed by atoms with Crippen molar-refractivity contribution in [1.29, 1.82) is 0 Å². The van der Waals surface area contributed by atoms with Crippen LogP contribution in [0.15, 0.2) is 47.6 Å². The van der Waals surface area contributed by atoms with Gasteiger partial charge in [-0.1, -0.05) is 18.2 Å². The van der Waals surface area contributed by atoms with E-state index in [2.05, 4.69) is 39.3 Å². The zero-order chi connectivity index (χ0) is 13.2. The lowest BCUT2D eigenvalue weighted by Crippen LogP contribution is -2.21. The standard InChI is InChI=1S/C15H15N3S/c1-11-15(19-12(2)17-11)14-8-9-18(10-16-14)13-6-4-3-5-7-13/h3-9H,10H2,1-2H3. The normalized spacial score (nSPS) is 14.6. The van der Waals surface area contributed by atoms with Crippen molar-refractivity contribution < 1.29 is 0 Å². The molecular weight excluding hydrogens is 254 g/mol. The molecule has 2 aromatic rings. The van der Waals surface area contributed by atoms with Gasteiger partial charge in [-0.05, 0) is 32.1 Å². The zero-order valence-corrected chi connectivity index (χ0v) is 11.8. The number of allylic oxidation sites excluding steroid dienone is 1.